The number of carbonyl (C=O) groups is 4. The standard InChI is InChI=1S/C25H23ClF3N5O6S/c1-13-10-17(25(27,28)29)32-34(13)11-19(35)33-8-6-14(7-9-33)22-31-18(12-41-22)30-21(36)15-4-3-5-16(26)20(15)40-24(38)23(37)39-2/h3-5,10,12,14H,6-9,11H2,1-2H3,(H,30,36). The largest absolute Gasteiger partial charge is 0.461 e. The molecule has 1 aliphatic heterocycles. The molecule has 11 nitrogen and oxygen atoms in total. The molecule has 0 spiro atoms. The van der Waals surface area contributed by atoms with E-state index in [-0.39, 0.29) is 46.2 Å². The number of esters is 2. The average molecular weight is 614 g/mol. The Bertz CT molecular complexity index is 1480. The van der Waals surface area contributed by atoms with Crippen molar-refractivity contribution in [3.8, 4) is 5.75 Å². The van der Waals surface area contributed by atoms with Gasteiger partial charge in [-0.2, -0.15) is 18.3 Å². The first kappa shape index (κ1) is 30.0. The van der Waals surface area contributed by atoms with Gasteiger partial charge in [0.15, 0.2) is 11.4 Å². The molecule has 4 rings (SSSR count). The van der Waals surface area contributed by atoms with Gasteiger partial charge in [0.05, 0.1) is 22.7 Å². The first-order chi connectivity index (χ1) is 19.4. The monoisotopic (exact) mass is 613 g/mol. The summed E-state index contributed by atoms with van der Waals surface area (Å²) >= 11 is 7.39. The molecule has 0 atom stereocenters. The minimum atomic E-state index is -4.59. The van der Waals surface area contributed by atoms with Crippen LogP contribution >= 0.6 is 22.9 Å². The third-order valence-corrected chi connectivity index (χ3v) is 7.58. The second-order valence-electron chi connectivity index (χ2n) is 9.00. The van der Waals surface area contributed by atoms with E-state index in [0.717, 1.165) is 22.9 Å². The van der Waals surface area contributed by atoms with Crippen molar-refractivity contribution in [2.75, 3.05) is 25.5 Å². The lowest BCUT2D eigenvalue weighted by atomic mass is 9.97. The molecule has 41 heavy (non-hydrogen) atoms. The molecule has 2 aromatic heterocycles. The van der Waals surface area contributed by atoms with Crippen LogP contribution in [0.5, 0.6) is 5.75 Å². The lowest BCUT2D eigenvalue weighted by Crippen LogP contribution is -2.40. The van der Waals surface area contributed by atoms with Gasteiger partial charge in [0.2, 0.25) is 5.91 Å². The van der Waals surface area contributed by atoms with Crippen LogP contribution in [0.4, 0.5) is 19.0 Å². The van der Waals surface area contributed by atoms with E-state index < -0.39 is 29.7 Å². The summed E-state index contributed by atoms with van der Waals surface area (Å²) in [6, 6.07) is 5.11. The molecule has 3 aromatic rings. The molecule has 0 aliphatic carbocycles. The van der Waals surface area contributed by atoms with Crippen molar-refractivity contribution in [3.05, 3.63) is 56.6 Å². The summed E-state index contributed by atoms with van der Waals surface area (Å²) in [6.45, 7) is 1.94. The zero-order valence-corrected chi connectivity index (χ0v) is 23.2. The van der Waals surface area contributed by atoms with Crippen LogP contribution in [0.3, 0.4) is 0 Å². The quantitative estimate of drug-likeness (QED) is 0.250. The fourth-order valence-electron chi connectivity index (χ4n) is 4.14. The Labute approximate surface area is 240 Å². The van der Waals surface area contributed by atoms with Crippen LogP contribution in [0.25, 0.3) is 0 Å². The Morgan fingerprint density at radius 2 is 1.88 bits per heavy atom. The summed E-state index contributed by atoms with van der Waals surface area (Å²) in [6.07, 6.45) is -3.45. The van der Waals surface area contributed by atoms with Crippen molar-refractivity contribution >= 4 is 52.5 Å². The predicted molar refractivity (Wildman–Crippen MR) is 140 cm³/mol. The maximum Gasteiger partial charge on any atom is 0.435 e. The molecule has 1 fully saturated rings. The van der Waals surface area contributed by atoms with Crippen molar-refractivity contribution in [1.82, 2.24) is 19.7 Å². The van der Waals surface area contributed by atoms with Gasteiger partial charge in [0.1, 0.15) is 12.4 Å². The topological polar surface area (TPSA) is 133 Å². The molecular weight excluding hydrogens is 591 g/mol. The number of nitrogens with zero attached hydrogens (tertiary/aromatic N) is 4. The van der Waals surface area contributed by atoms with E-state index in [1.54, 1.807) is 10.3 Å². The molecule has 218 valence electrons. The molecule has 0 saturated carbocycles. The molecule has 3 heterocycles. The van der Waals surface area contributed by atoms with Gasteiger partial charge in [-0.15, -0.1) is 11.3 Å². The average Bonchev–Trinajstić information content (AvgIpc) is 3.55. The van der Waals surface area contributed by atoms with E-state index in [0.29, 0.717) is 25.9 Å². The fraction of sp³-hybridized carbons (Fsp3) is 0.360. The number of aromatic nitrogens is 3. The van der Waals surface area contributed by atoms with Crippen LogP contribution in [0.2, 0.25) is 5.02 Å². The Morgan fingerprint density at radius 1 is 1.17 bits per heavy atom. The highest BCUT2D eigenvalue weighted by Crippen LogP contribution is 2.33. The molecule has 1 aromatic carbocycles. The van der Waals surface area contributed by atoms with Crippen molar-refractivity contribution in [1.29, 1.82) is 0 Å². The zero-order chi connectivity index (χ0) is 29.9. The number of benzene rings is 1. The molecule has 0 radical (unpaired) electrons. The summed E-state index contributed by atoms with van der Waals surface area (Å²) in [5.41, 5.74) is -0.905. The molecular formula is C25H23ClF3N5O6S. The summed E-state index contributed by atoms with van der Waals surface area (Å²) in [7, 11) is 1.00. The van der Waals surface area contributed by atoms with Crippen LogP contribution < -0.4 is 10.1 Å². The highest BCUT2D eigenvalue weighted by molar-refractivity contribution is 7.10. The van der Waals surface area contributed by atoms with Crippen molar-refractivity contribution in [2.45, 2.75) is 38.4 Å². The van der Waals surface area contributed by atoms with Crippen LogP contribution in [0.15, 0.2) is 29.6 Å². The minimum absolute atomic E-state index is 0.000662. The number of rotatable bonds is 6. The van der Waals surface area contributed by atoms with Gasteiger partial charge in [-0.1, -0.05) is 17.7 Å². The summed E-state index contributed by atoms with van der Waals surface area (Å²) in [4.78, 5) is 55.0. The molecule has 1 aliphatic rings. The van der Waals surface area contributed by atoms with Crippen molar-refractivity contribution in [2.24, 2.45) is 0 Å². The smallest absolute Gasteiger partial charge is 0.435 e. The van der Waals surface area contributed by atoms with E-state index in [1.165, 1.54) is 36.5 Å². The Balaban J connectivity index is 1.35. The molecule has 1 saturated heterocycles. The number of methoxy groups -OCH3 is 1. The summed E-state index contributed by atoms with van der Waals surface area (Å²) in [5, 5.41) is 8.42. The summed E-state index contributed by atoms with van der Waals surface area (Å²) < 4.78 is 49.1. The van der Waals surface area contributed by atoms with Crippen molar-refractivity contribution in [3.63, 3.8) is 0 Å². The Hall–Kier alpha value is -3.98. The lowest BCUT2D eigenvalue weighted by Gasteiger charge is -2.31. The van der Waals surface area contributed by atoms with E-state index in [9.17, 15) is 32.3 Å². The van der Waals surface area contributed by atoms with Gasteiger partial charge in [0, 0.05) is 30.1 Å². The number of amides is 2. The number of halogens is 4. The maximum absolute atomic E-state index is 12.9. The van der Waals surface area contributed by atoms with E-state index in [2.05, 4.69) is 20.1 Å². The van der Waals surface area contributed by atoms with E-state index in [4.69, 9.17) is 16.3 Å². The van der Waals surface area contributed by atoms with Gasteiger partial charge in [-0.25, -0.2) is 14.6 Å². The van der Waals surface area contributed by atoms with Crippen LogP contribution in [-0.4, -0.2) is 63.6 Å². The molecule has 1 N–H and O–H groups in total. The number of nitrogens with one attached hydrogen (secondary N) is 1. The third-order valence-electron chi connectivity index (χ3n) is 6.28. The SMILES string of the molecule is COC(=O)C(=O)Oc1c(Cl)cccc1C(=O)Nc1csc(C2CCN(C(=O)Cn3nc(C(F)(F)F)cc3C)CC2)n1. The highest BCUT2D eigenvalue weighted by atomic mass is 35.5. The molecule has 2 amide bonds. The first-order valence-electron chi connectivity index (χ1n) is 12.1. The number of aryl methyl sites for hydroxylation is 1. The minimum Gasteiger partial charge on any atom is -0.461 e. The molecule has 16 heteroatoms. The number of thiazole rings is 1. The number of carbonyl (C=O) groups excluding carboxylic acids is 4. The van der Waals surface area contributed by atoms with Crippen LogP contribution in [0, 0.1) is 6.92 Å². The zero-order valence-electron chi connectivity index (χ0n) is 21.7. The number of ether oxygens (including phenoxy) is 2. The summed E-state index contributed by atoms with van der Waals surface area (Å²) in [5.74, 6) is -3.69. The number of hydrogen-bond donors (Lipinski definition) is 1. The fourth-order valence-corrected chi connectivity index (χ4v) is 5.27. The van der Waals surface area contributed by atoms with E-state index in [1.807, 2.05) is 0 Å². The number of likely N-dealkylation sites (tertiary alicyclic amines) is 1. The van der Waals surface area contributed by atoms with Gasteiger partial charge in [-0.3, -0.25) is 14.3 Å². The van der Waals surface area contributed by atoms with Gasteiger partial charge in [0.25, 0.3) is 5.91 Å². The number of alkyl halides is 3. The number of anilines is 1. The van der Waals surface area contributed by atoms with Gasteiger partial charge < -0.3 is 19.7 Å². The second kappa shape index (κ2) is 12.3. The Kier molecular flexibility index (Phi) is 8.97. The number of hydrogen-bond acceptors (Lipinski definition) is 9. The van der Waals surface area contributed by atoms with Gasteiger partial charge in [-0.05, 0) is 38.0 Å². The maximum atomic E-state index is 12.9. The highest BCUT2D eigenvalue weighted by Gasteiger charge is 2.35. The lowest BCUT2D eigenvalue weighted by molar-refractivity contribution is -0.160. The molecule has 0 unspecified atom stereocenters. The Morgan fingerprint density at radius 3 is 2.51 bits per heavy atom. The van der Waals surface area contributed by atoms with Crippen LogP contribution in [0.1, 0.15) is 45.5 Å². The normalized spacial score (nSPS) is 14.0. The second-order valence-corrected chi connectivity index (χ2v) is 10.3. The number of piperidine rings is 1. The van der Waals surface area contributed by atoms with Gasteiger partial charge >= 0.3 is 18.1 Å². The number of para-hydroxylation sites is 1. The van der Waals surface area contributed by atoms with Crippen molar-refractivity contribution < 1.29 is 41.8 Å². The predicted octanol–water partition coefficient (Wildman–Crippen LogP) is 4.06. The molecule has 0 bridgehead atoms. The third kappa shape index (κ3) is 7.03. The van der Waals surface area contributed by atoms with E-state index >= 15 is 0 Å². The van der Waals surface area contributed by atoms with Crippen LogP contribution in [-0.2, 0) is 31.8 Å². The first-order valence-corrected chi connectivity index (χ1v) is 13.4.